The molecule has 1 N–H and O–H groups in total. The fourth-order valence-corrected chi connectivity index (χ4v) is 2.11. The van der Waals surface area contributed by atoms with Crippen LogP contribution >= 0.6 is 0 Å². The molecule has 0 radical (unpaired) electrons. The van der Waals surface area contributed by atoms with Gasteiger partial charge in [-0.2, -0.15) is 4.98 Å². The van der Waals surface area contributed by atoms with E-state index in [1.54, 1.807) is 7.11 Å². The number of hydrogen-bond acceptors (Lipinski definition) is 5. The fraction of sp³-hybridized carbons (Fsp3) is 0.545. The van der Waals surface area contributed by atoms with Gasteiger partial charge in [0.1, 0.15) is 12.0 Å². The van der Waals surface area contributed by atoms with E-state index in [1.807, 2.05) is 0 Å². The van der Waals surface area contributed by atoms with Crippen LogP contribution in [-0.2, 0) is 4.79 Å². The second-order valence-corrected chi connectivity index (χ2v) is 4.30. The average molecular weight is 234 g/mol. The molecule has 0 saturated heterocycles. The number of methoxy groups -OCH3 is 1. The maximum atomic E-state index is 11.7. The zero-order valence-corrected chi connectivity index (χ0v) is 9.64. The first-order valence-electron chi connectivity index (χ1n) is 5.75. The van der Waals surface area contributed by atoms with Crippen molar-refractivity contribution in [3.8, 4) is 5.88 Å². The minimum Gasteiger partial charge on any atom is -0.479 e. The molecular formula is C11H14N4O2. The molecule has 17 heavy (non-hydrogen) atoms. The number of aromatic nitrogens is 2. The molecule has 1 aromatic heterocycles. The summed E-state index contributed by atoms with van der Waals surface area (Å²) in [4.78, 5) is 22.1. The zero-order valence-electron chi connectivity index (χ0n) is 9.64. The molecule has 6 heteroatoms. The number of amides is 1. The van der Waals surface area contributed by atoms with E-state index in [9.17, 15) is 4.79 Å². The van der Waals surface area contributed by atoms with Gasteiger partial charge in [-0.25, -0.2) is 4.98 Å². The van der Waals surface area contributed by atoms with Crippen LogP contribution in [0.2, 0.25) is 0 Å². The minimum atomic E-state index is -0.0116. The summed E-state index contributed by atoms with van der Waals surface area (Å²) in [6.45, 7) is 0.712. The number of rotatable bonds is 2. The van der Waals surface area contributed by atoms with Gasteiger partial charge in [0, 0.05) is 19.0 Å². The number of carbonyl (C=O) groups excluding carboxylic acids is 1. The van der Waals surface area contributed by atoms with Crippen molar-refractivity contribution in [3.05, 3.63) is 6.33 Å². The lowest BCUT2D eigenvalue weighted by Crippen LogP contribution is -2.27. The second kappa shape index (κ2) is 3.87. The highest BCUT2D eigenvalue weighted by atomic mass is 16.5. The number of anilines is 2. The lowest BCUT2D eigenvalue weighted by Gasteiger charge is -2.22. The highest BCUT2D eigenvalue weighted by Crippen LogP contribution is 2.39. The molecule has 1 aliphatic heterocycles. The summed E-state index contributed by atoms with van der Waals surface area (Å²) in [5.74, 6) is 1.20. The van der Waals surface area contributed by atoms with Crippen LogP contribution < -0.4 is 15.0 Å². The Morgan fingerprint density at radius 3 is 3.00 bits per heavy atom. The van der Waals surface area contributed by atoms with Gasteiger partial charge < -0.3 is 15.0 Å². The Hall–Kier alpha value is -1.85. The third-order valence-electron chi connectivity index (χ3n) is 3.09. The summed E-state index contributed by atoms with van der Waals surface area (Å²) in [5.41, 5.74) is 0.601. The zero-order chi connectivity index (χ0) is 11.8. The quantitative estimate of drug-likeness (QED) is 0.819. The molecule has 1 fully saturated rings. The number of nitrogens with one attached hydrogen (secondary N) is 1. The van der Waals surface area contributed by atoms with Gasteiger partial charge in [-0.1, -0.05) is 0 Å². The van der Waals surface area contributed by atoms with E-state index in [2.05, 4.69) is 20.2 Å². The number of nitrogens with zero attached hydrogens (tertiary/aromatic N) is 3. The Kier molecular flexibility index (Phi) is 2.35. The van der Waals surface area contributed by atoms with Crippen LogP contribution in [-0.4, -0.2) is 35.6 Å². The molecule has 90 valence electrons. The summed E-state index contributed by atoms with van der Waals surface area (Å²) in [6.07, 6.45) is 4.29. The van der Waals surface area contributed by atoms with E-state index in [4.69, 9.17) is 4.74 Å². The summed E-state index contributed by atoms with van der Waals surface area (Å²) in [6, 6.07) is 0.515. The van der Waals surface area contributed by atoms with Gasteiger partial charge in [0.15, 0.2) is 5.82 Å². The van der Waals surface area contributed by atoms with Crippen molar-refractivity contribution in [1.82, 2.24) is 9.97 Å². The van der Waals surface area contributed by atoms with E-state index in [0.717, 1.165) is 5.82 Å². The largest absolute Gasteiger partial charge is 0.479 e. The molecule has 0 aromatic carbocycles. The highest BCUT2D eigenvalue weighted by molar-refractivity contribution is 5.97. The van der Waals surface area contributed by atoms with Gasteiger partial charge >= 0.3 is 0 Å². The molecule has 2 heterocycles. The van der Waals surface area contributed by atoms with Crippen LogP contribution in [0.1, 0.15) is 19.3 Å². The van der Waals surface area contributed by atoms with Crippen LogP contribution in [0.4, 0.5) is 11.5 Å². The Balaban J connectivity index is 2.07. The number of carbonyl (C=O) groups is 1. The minimum absolute atomic E-state index is 0.0116. The summed E-state index contributed by atoms with van der Waals surface area (Å²) in [5, 5.41) is 2.82. The third kappa shape index (κ3) is 1.79. The van der Waals surface area contributed by atoms with Crippen molar-refractivity contribution in [3.63, 3.8) is 0 Å². The second-order valence-electron chi connectivity index (χ2n) is 4.30. The van der Waals surface area contributed by atoms with Crippen molar-refractivity contribution in [2.75, 3.05) is 23.9 Å². The van der Waals surface area contributed by atoms with E-state index in [0.29, 0.717) is 30.6 Å². The van der Waals surface area contributed by atoms with Gasteiger partial charge in [0.2, 0.25) is 11.8 Å². The number of fused-ring (bicyclic) bond motifs is 1. The Morgan fingerprint density at radius 2 is 2.29 bits per heavy atom. The molecule has 0 atom stereocenters. The first-order chi connectivity index (χ1) is 8.29. The predicted molar refractivity (Wildman–Crippen MR) is 62.2 cm³/mol. The van der Waals surface area contributed by atoms with Crippen molar-refractivity contribution in [1.29, 1.82) is 0 Å². The van der Waals surface area contributed by atoms with Crippen molar-refractivity contribution in [2.24, 2.45) is 0 Å². The third-order valence-corrected chi connectivity index (χ3v) is 3.09. The van der Waals surface area contributed by atoms with Crippen LogP contribution in [0.25, 0.3) is 0 Å². The Labute approximate surface area is 99.0 Å². The van der Waals surface area contributed by atoms with Gasteiger partial charge in [0.25, 0.3) is 0 Å². The van der Waals surface area contributed by atoms with Gasteiger partial charge in [-0.3, -0.25) is 4.79 Å². The van der Waals surface area contributed by atoms with E-state index >= 15 is 0 Å². The van der Waals surface area contributed by atoms with Gasteiger partial charge in [-0.15, -0.1) is 0 Å². The molecule has 3 rings (SSSR count). The summed E-state index contributed by atoms with van der Waals surface area (Å²) < 4.78 is 5.17. The monoisotopic (exact) mass is 234 g/mol. The molecular weight excluding hydrogens is 220 g/mol. The summed E-state index contributed by atoms with van der Waals surface area (Å²) >= 11 is 0. The number of hydrogen-bond donors (Lipinski definition) is 1. The smallest absolute Gasteiger partial charge is 0.242 e. The SMILES string of the molecule is COc1ncnc2c1NC(=O)CCN2C1CC1. The van der Waals surface area contributed by atoms with Crippen LogP contribution in [0, 0.1) is 0 Å². The van der Waals surface area contributed by atoms with Gasteiger partial charge in [0.05, 0.1) is 7.11 Å². The van der Waals surface area contributed by atoms with Crippen LogP contribution in [0.3, 0.4) is 0 Å². The normalized spacial score (nSPS) is 19.4. The van der Waals surface area contributed by atoms with Crippen molar-refractivity contribution in [2.45, 2.75) is 25.3 Å². The molecule has 6 nitrogen and oxygen atoms in total. The molecule has 0 unspecified atom stereocenters. The Bertz CT molecular complexity index is 459. The molecule has 2 aliphatic rings. The topological polar surface area (TPSA) is 67.4 Å². The van der Waals surface area contributed by atoms with E-state index in [1.165, 1.54) is 19.2 Å². The highest BCUT2D eigenvalue weighted by Gasteiger charge is 2.34. The first kappa shape index (κ1) is 10.3. The first-order valence-corrected chi connectivity index (χ1v) is 5.75. The Morgan fingerprint density at radius 1 is 1.47 bits per heavy atom. The van der Waals surface area contributed by atoms with Crippen molar-refractivity contribution >= 4 is 17.4 Å². The lowest BCUT2D eigenvalue weighted by molar-refractivity contribution is -0.116. The van der Waals surface area contributed by atoms with E-state index in [-0.39, 0.29) is 5.91 Å². The summed E-state index contributed by atoms with van der Waals surface area (Å²) in [7, 11) is 1.54. The van der Waals surface area contributed by atoms with Crippen LogP contribution in [0.5, 0.6) is 5.88 Å². The number of ether oxygens (including phenoxy) is 1. The lowest BCUT2D eigenvalue weighted by atomic mass is 10.3. The molecule has 1 aliphatic carbocycles. The fourth-order valence-electron chi connectivity index (χ4n) is 2.11. The van der Waals surface area contributed by atoms with Crippen LogP contribution in [0.15, 0.2) is 6.33 Å². The predicted octanol–water partition coefficient (Wildman–Crippen LogP) is 0.796. The van der Waals surface area contributed by atoms with Crippen molar-refractivity contribution < 1.29 is 9.53 Å². The van der Waals surface area contributed by atoms with Gasteiger partial charge in [-0.05, 0) is 12.8 Å². The molecule has 0 spiro atoms. The molecule has 1 amide bonds. The maximum absolute atomic E-state index is 11.7. The molecule has 0 bridgehead atoms. The average Bonchev–Trinajstić information content (AvgIpc) is 3.14. The standard InChI is InChI=1S/C11H14N4O2/c1-17-11-9-10(12-6-13-11)15(7-2-3-7)5-4-8(16)14-9/h6-7H,2-5H2,1H3,(H,14,16). The maximum Gasteiger partial charge on any atom is 0.242 e. The van der Waals surface area contributed by atoms with E-state index < -0.39 is 0 Å². The molecule has 1 saturated carbocycles. The molecule has 1 aromatic rings.